The van der Waals surface area contributed by atoms with Gasteiger partial charge in [0.15, 0.2) is 0 Å². The molecule has 0 saturated carbocycles. The van der Waals surface area contributed by atoms with Gasteiger partial charge in [0, 0.05) is 25.5 Å². The summed E-state index contributed by atoms with van der Waals surface area (Å²) >= 11 is 0. The van der Waals surface area contributed by atoms with Crippen molar-refractivity contribution < 1.29 is 31.1 Å². The molecule has 2 aromatic carbocycles. The van der Waals surface area contributed by atoms with Crippen molar-refractivity contribution in [3.8, 4) is 11.5 Å². The predicted octanol–water partition coefficient (Wildman–Crippen LogP) is 3.52. The third-order valence-corrected chi connectivity index (χ3v) is 5.99. The molecule has 0 aliphatic carbocycles. The number of nitrogens with one attached hydrogen (secondary N) is 1. The first-order valence-electron chi connectivity index (χ1n) is 8.95. The van der Waals surface area contributed by atoms with E-state index in [2.05, 4.69) is 9.71 Å². The van der Waals surface area contributed by atoms with Crippen molar-refractivity contribution in [2.24, 2.45) is 7.05 Å². The van der Waals surface area contributed by atoms with E-state index in [-0.39, 0.29) is 0 Å². The number of sulfonamides is 1. The minimum absolute atomic E-state index is 0.325. The first kappa shape index (κ1) is 22.6. The Bertz CT molecular complexity index is 1150. The molecule has 1 N–H and O–H groups in total. The lowest BCUT2D eigenvalue weighted by Crippen LogP contribution is -2.31. The Morgan fingerprint density at radius 1 is 1.06 bits per heavy atom. The smallest absolute Gasteiger partial charge is 0.416 e. The van der Waals surface area contributed by atoms with Gasteiger partial charge in [-0.1, -0.05) is 6.07 Å². The summed E-state index contributed by atoms with van der Waals surface area (Å²) in [5, 5.41) is 0. The quantitative estimate of drug-likeness (QED) is 0.590. The third kappa shape index (κ3) is 5.00. The maximum atomic E-state index is 13.1. The number of benzene rings is 2. The first-order chi connectivity index (χ1) is 14.5. The Balaban J connectivity index is 2.10. The summed E-state index contributed by atoms with van der Waals surface area (Å²) < 4.78 is 79.8. The maximum absolute atomic E-state index is 13.1. The SMILES string of the molecule is COc1cc(OC)cc(C(NS(=O)(=O)c2cccc(C(F)(F)F)c2)c2nccn2C)c1. The molecule has 0 saturated heterocycles. The highest BCUT2D eigenvalue weighted by molar-refractivity contribution is 7.89. The van der Waals surface area contributed by atoms with Crippen molar-refractivity contribution >= 4 is 10.0 Å². The topological polar surface area (TPSA) is 82.4 Å². The van der Waals surface area contributed by atoms with Crippen LogP contribution in [0.25, 0.3) is 0 Å². The summed E-state index contributed by atoms with van der Waals surface area (Å²) in [6.07, 6.45) is -1.57. The number of rotatable bonds is 7. The van der Waals surface area contributed by atoms with E-state index in [0.717, 1.165) is 18.2 Å². The molecule has 7 nitrogen and oxygen atoms in total. The Kier molecular flexibility index (Phi) is 6.27. The van der Waals surface area contributed by atoms with E-state index >= 15 is 0 Å². The number of nitrogens with zero attached hydrogens (tertiary/aromatic N) is 2. The van der Waals surface area contributed by atoms with Crippen LogP contribution >= 0.6 is 0 Å². The van der Waals surface area contributed by atoms with Crippen LogP contribution < -0.4 is 14.2 Å². The van der Waals surface area contributed by atoms with E-state index in [1.165, 1.54) is 20.4 Å². The van der Waals surface area contributed by atoms with Crippen LogP contribution in [0.2, 0.25) is 0 Å². The molecule has 0 spiro atoms. The van der Waals surface area contributed by atoms with E-state index in [0.29, 0.717) is 29.0 Å². The van der Waals surface area contributed by atoms with Crippen LogP contribution in [0.3, 0.4) is 0 Å². The van der Waals surface area contributed by atoms with Crippen LogP contribution in [-0.4, -0.2) is 32.2 Å². The monoisotopic (exact) mass is 455 g/mol. The molecule has 1 heterocycles. The van der Waals surface area contributed by atoms with Gasteiger partial charge in [-0.05, 0) is 35.9 Å². The average molecular weight is 455 g/mol. The number of hydrogen-bond acceptors (Lipinski definition) is 5. The molecule has 0 radical (unpaired) electrons. The normalized spacial score (nSPS) is 13.1. The van der Waals surface area contributed by atoms with Gasteiger partial charge in [-0.2, -0.15) is 17.9 Å². The van der Waals surface area contributed by atoms with Crippen LogP contribution in [0.4, 0.5) is 13.2 Å². The maximum Gasteiger partial charge on any atom is 0.416 e. The minimum atomic E-state index is -4.68. The summed E-state index contributed by atoms with van der Waals surface area (Å²) in [5.74, 6) is 1.14. The lowest BCUT2D eigenvalue weighted by molar-refractivity contribution is -0.137. The van der Waals surface area contributed by atoms with Crippen LogP contribution in [0.15, 0.2) is 59.8 Å². The fourth-order valence-corrected chi connectivity index (χ4v) is 4.21. The fourth-order valence-electron chi connectivity index (χ4n) is 2.98. The fraction of sp³-hybridized carbons (Fsp3) is 0.250. The summed E-state index contributed by atoms with van der Waals surface area (Å²) in [4.78, 5) is 3.70. The van der Waals surface area contributed by atoms with Crippen molar-refractivity contribution in [1.82, 2.24) is 14.3 Å². The number of aromatic nitrogens is 2. The van der Waals surface area contributed by atoms with Gasteiger partial charge in [0.2, 0.25) is 10.0 Å². The van der Waals surface area contributed by atoms with E-state index in [1.54, 1.807) is 36.0 Å². The Morgan fingerprint density at radius 3 is 2.23 bits per heavy atom. The number of imidazole rings is 1. The van der Waals surface area contributed by atoms with E-state index in [4.69, 9.17) is 9.47 Å². The molecular weight excluding hydrogens is 435 g/mol. The zero-order chi connectivity index (χ0) is 22.8. The first-order valence-corrected chi connectivity index (χ1v) is 10.4. The predicted molar refractivity (Wildman–Crippen MR) is 106 cm³/mol. The largest absolute Gasteiger partial charge is 0.497 e. The second-order valence-corrected chi connectivity index (χ2v) is 8.34. The molecule has 0 bridgehead atoms. The molecule has 0 aliphatic rings. The number of alkyl halides is 3. The van der Waals surface area contributed by atoms with Crippen LogP contribution in [0, 0.1) is 0 Å². The van der Waals surface area contributed by atoms with Crippen LogP contribution in [0.1, 0.15) is 23.0 Å². The van der Waals surface area contributed by atoms with Gasteiger partial charge in [-0.3, -0.25) is 0 Å². The second-order valence-electron chi connectivity index (χ2n) is 6.62. The van der Waals surface area contributed by atoms with Crippen molar-refractivity contribution in [3.63, 3.8) is 0 Å². The highest BCUT2D eigenvalue weighted by Gasteiger charge is 2.33. The van der Waals surface area contributed by atoms with Gasteiger partial charge in [-0.25, -0.2) is 13.4 Å². The number of halogens is 3. The number of methoxy groups -OCH3 is 2. The molecule has 31 heavy (non-hydrogen) atoms. The molecule has 166 valence electrons. The lowest BCUT2D eigenvalue weighted by Gasteiger charge is -2.21. The molecule has 1 aromatic heterocycles. The molecule has 0 aliphatic heterocycles. The summed E-state index contributed by atoms with van der Waals surface area (Å²) in [7, 11) is 0.206. The molecule has 3 rings (SSSR count). The number of hydrogen-bond donors (Lipinski definition) is 1. The van der Waals surface area contributed by atoms with Crippen LogP contribution in [-0.2, 0) is 23.2 Å². The van der Waals surface area contributed by atoms with Gasteiger partial charge < -0.3 is 14.0 Å². The minimum Gasteiger partial charge on any atom is -0.497 e. The number of aryl methyl sites for hydroxylation is 1. The van der Waals surface area contributed by atoms with E-state index in [9.17, 15) is 21.6 Å². The van der Waals surface area contributed by atoms with Crippen molar-refractivity contribution in [3.05, 3.63) is 71.8 Å². The second kappa shape index (κ2) is 8.60. The van der Waals surface area contributed by atoms with Crippen LogP contribution in [0.5, 0.6) is 11.5 Å². The van der Waals surface area contributed by atoms with Gasteiger partial charge >= 0.3 is 6.18 Å². The van der Waals surface area contributed by atoms with Gasteiger partial charge in [-0.15, -0.1) is 0 Å². The highest BCUT2D eigenvalue weighted by atomic mass is 32.2. The Morgan fingerprint density at radius 2 is 1.71 bits per heavy atom. The molecule has 0 fully saturated rings. The average Bonchev–Trinajstić information content (AvgIpc) is 3.16. The van der Waals surface area contributed by atoms with E-state index in [1.807, 2.05) is 0 Å². The molecule has 1 unspecified atom stereocenters. The standard InChI is InChI=1S/C20H20F3N3O4S/c1-26-8-7-24-19(26)18(13-9-15(29-2)12-16(10-13)30-3)25-31(27,28)17-6-4-5-14(11-17)20(21,22)23/h4-12,18,25H,1-3H3. The third-order valence-electron chi connectivity index (χ3n) is 4.57. The Labute approximate surface area is 177 Å². The van der Waals surface area contributed by atoms with Crippen molar-refractivity contribution in [1.29, 1.82) is 0 Å². The van der Waals surface area contributed by atoms with E-state index < -0.39 is 32.7 Å². The zero-order valence-electron chi connectivity index (χ0n) is 16.8. The molecular formula is C20H20F3N3O4S. The van der Waals surface area contributed by atoms with Crippen molar-refractivity contribution in [2.75, 3.05) is 14.2 Å². The van der Waals surface area contributed by atoms with Crippen molar-refractivity contribution in [2.45, 2.75) is 17.1 Å². The van der Waals surface area contributed by atoms with Gasteiger partial charge in [0.05, 0.1) is 24.7 Å². The molecule has 1 atom stereocenters. The molecule has 0 amide bonds. The zero-order valence-corrected chi connectivity index (χ0v) is 17.7. The highest BCUT2D eigenvalue weighted by Crippen LogP contribution is 2.33. The van der Waals surface area contributed by atoms with Gasteiger partial charge in [0.1, 0.15) is 23.4 Å². The summed E-state index contributed by atoms with van der Waals surface area (Å²) in [6.45, 7) is 0. The number of ether oxygens (including phenoxy) is 2. The summed E-state index contributed by atoms with van der Waals surface area (Å²) in [6, 6.07) is 7.31. The molecule has 11 heteroatoms. The summed E-state index contributed by atoms with van der Waals surface area (Å²) in [5.41, 5.74) is -0.631. The van der Waals surface area contributed by atoms with Gasteiger partial charge in [0.25, 0.3) is 0 Å². The Hall–Kier alpha value is -3.05. The lowest BCUT2D eigenvalue weighted by atomic mass is 10.1. The molecule has 3 aromatic rings.